The monoisotopic (exact) mass is 489 g/mol. The SMILES string of the molecule is O=C(C(O)c1cccc(F)c1F)N1CCN(c2ccc(S(=O)(=O)Nc3ccncn3)cc2)CC1. The number of nitrogens with zero attached hydrogens (tertiary/aromatic N) is 4. The van der Waals surface area contributed by atoms with Crippen molar-refractivity contribution in [2.45, 2.75) is 11.0 Å². The number of rotatable bonds is 6. The molecule has 1 atom stereocenters. The van der Waals surface area contributed by atoms with Gasteiger partial charge in [-0.25, -0.2) is 27.2 Å². The Labute approximate surface area is 194 Å². The highest BCUT2D eigenvalue weighted by Crippen LogP contribution is 2.24. The van der Waals surface area contributed by atoms with Crippen LogP contribution in [0.15, 0.2) is 66.0 Å². The van der Waals surface area contributed by atoms with E-state index in [1.807, 2.05) is 4.90 Å². The number of aliphatic hydroxyl groups excluding tert-OH is 1. The van der Waals surface area contributed by atoms with E-state index in [2.05, 4.69) is 14.7 Å². The molecule has 0 aliphatic carbocycles. The standard InChI is InChI=1S/C22H21F2N5O4S/c23-18-3-1-2-17(20(18)24)21(30)22(31)29-12-10-28(11-13-29)15-4-6-16(7-5-15)34(32,33)27-19-8-9-25-14-26-19/h1-9,14,21,30H,10-13H2,(H,25,26,27). The van der Waals surface area contributed by atoms with Crippen LogP contribution in [0.1, 0.15) is 11.7 Å². The number of carbonyl (C=O) groups excluding carboxylic acids is 1. The molecule has 9 nitrogen and oxygen atoms in total. The maximum absolute atomic E-state index is 13.9. The van der Waals surface area contributed by atoms with Crippen LogP contribution in [0, 0.1) is 11.6 Å². The first kappa shape index (κ1) is 23.5. The Kier molecular flexibility index (Phi) is 6.70. The molecule has 1 fully saturated rings. The normalized spacial score (nSPS) is 15.1. The summed E-state index contributed by atoms with van der Waals surface area (Å²) in [5, 5.41) is 10.3. The van der Waals surface area contributed by atoms with Gasteiger partial charge >= 0.3 is 0 Å². The number of carbonyl (C=O) groups is 1. The summed E-state index contributed by atoms with van der Waals surface area (Å²) >= 11 is 0. The van der Waals surface area contributed by atoms with Crippen molar-refractivity contribution in [1.82, 2.24) is 14.9 Å². The van der Waals surface area contributed by atoms with Gasteiger partial charge in [0.25, 0.3) is 15.9 Å². The van der Waals surface area contributed by atoms with Crippen LogP contribution in [0.4, 0.5) is 20.3 Å². The lowest BCUT2D eigenvalue weighted by Crippen LogP contribution is -2.50. The Balaban J connectivity index is 1.37. The van der Waals surface area contributed by atoms with Gasteiger partial charge in [-0.05, 0) is 36.4 Å². The van der Waals surface area contributed by atoms with Crippen molar-refractivity contribution in [3.8, 4) is 0 Å². The summed E-state index contributed by atoms with van der Waals surface area (Å²) < 4.78 is 54.8. The van der Waals surface area contributed by atoms with Gasteiger partial charge in [-0.2, -0.15) is 0 Å². The molecule has 1 unspecified atom stereocenters. The van der Waals surface area contributed by atoms with Crippen molar-refractivity contribution >= 4 is 27.4 Å². The third kappa shape index (κ3) is 4.97. The van der Waals surface area contributed by atoms with Crippen molar-refractivity contribution in [1.29, 1.82) is 0 Å². The zero-order chi connectivity index (χ0) is 24.3. The van der Waals surface area contributed by atoms with E-state index >= 15 is 0 Å². The van der Waals surface area contributed by atoms with Gasteiger partial charge in [-0.3, -0.25) is 9.52 Å². The van der Waals surface area contributed by atoms with Crippen molar-refractivity contribution in [3.05, 3.63) is 78.3 Å². The Bertz CT molecular complexity index is 1270. The lowest BCUT2D eigenvalue weighted by Gasteiger charge is -2.37. The molecule has 4 rings (SSSR count). The third-order valence-corrected chi connectivity index (χ3v) is 6.81. The summed E-state index contributed by atoms with van der Waals surface area (Å²) in [7, 11) is -3.82. The Morgan fingerprint density at radius 3 is 2.38 bits per heavy atom. The fourth-order valence-electron chi connectivity index (χ4n) is 3.61. The molecule has 1 saturated heterocycles. The minimum absolute atomic E-state index is 0.0592. The number of aliphatic hydroxyl groups is 1. The summed E-state index contributed by atoms with van der Waals surface area (Å²) in [4.78, 5) is 23.6. The number of halogens is 2. The Morgan fingerprint density at radius 1 is 1.03 bits per heavy atom. The fraction of sp³-hybridized carbons (Fsp3) is 0.227. The molecule has 1 aliphatic rings. The fourth-order valence-corrected chi connectivity index (χ4v) is 4.61. The molecule has 0 saturated carbocycles. The van der Waals surface area contributed by atoms with Gasteiger partial charge in [0.15, 0.2) is 17.7 Å². The number of anilines is 2. The number of piperazine rings is 1. The molecular formula is C22H21F2N5O4S. The first-order valence-corrected chi connectivity index (χ1v) is 11.8. The molecular weight excluding hydrogens is 468 g/mol. The van der Waals surface area contributed by atoms with E-state index in [1.165, 1.54) is 47.8 Å². The number of hydrogen-bond donors (Lipinski definition) is 2. The topological polar surface area (TPSA) is 116 Å². The minimum Gasteiger partial charge on any atom is -0.378 e. The van der Waals surface area contributed by atoms with Gasteiger partial charge in [-0.1, -0.05) is 12.1 Å². The van der Waals surface area contributed by atoms with E-state index in [-0.39, 0.29) is 23.8 Å². The zero-order valence-electron chi connectivity index (χ0n) is 17.8. The van der Waals surface area contributed by atoms with Gasteiger partial charge in [0.05, 0.1) is 4.90 Å². The average molecular weight is 490 g/mol. The average Bonchev–Trinajstić information content (AvgIpc) is 2.85. The maximum atomic E-state index is 13.9. The smallest absolute Gasteiger partial charge is 0.263 e. The molecule has 34 heavy (non-hydrogen) atoms. The molecule has 12 heteroatoms. The van der Waals surface area contributed by atoms with Gasteiger partial charge in [0.1, 0.15) is 12.1 Å². The number of sulfonamides is 1. The number of amides is 1. The highest BCUT2D eigenvalue weighted by atomic mass is 32.2. The Hall–Kier alpha value is -3.64. The van der Waals surface area contributed by atoms with Crippen molar-refractivity contribution in [2.75, 3.05) is 35.8 Å². The quantitative estimate of drug-likeness (QED) is 0.544. The first-order valence-electron chi connectivity index (χ1n) is 10.3. The highest BCUT2D eigenvalue weighted by Gasteiger charge is 2.29. The second-order valence-corrected chi connectivity index (χ2v) is 9.23. The molecule has 3 aromatic rings. The van der Waals surface area contributed by atoms with Gasteiger partial charge < -0.3 is 14.9 Å². The lowest BCUT2D eigenvalue weighted by atomic mass is 10.1. The van der Waals surface area contributed by atoms with E-state index in [1.54, 1.807) is 12.1 Å². The molecule has 2 N–H and O–H groups in total. The van der Waals surface area contributed by atoms with Crippen LogP contribution in [0.5, 0.6) is 0 Å². The summed E-state index contributed by atoms with van der Waals surface area (Å²) in [6, 6.07) is 11.0. The van der Waals surface area contributed by atoms with Gasteiger partial charge in [0.2, 0.25) is 0 Å². The molecule has 0 spiro atoms. The molecule has 0 radical (unpaired) electrons. The molecule has 1 aliphatic heterocycles. The van der Waals surface area contributed by atoms with Crippen LogP contribution in [0.3, 0.4) is 0 Å². The predicted octanol–water partition coefficient (Wildman–Crippen LogP) is 1.94. The van der Waals surface area contributed by atoms with E-state index in [4.69, 9.17) is 0 Å². The molecule has 2 heterocycles. The maximum Gasteiger partial charge on any atom is 0.263 e. The molecule has 1 amide bonds. The second kappa shape index (κ2) is 9.69. The minimum atomic E-state index is -3.82. The van der Waals surface area contributed by atoms with Crippen molar-refractivity contribution in [3.63, 3.8) is 0 Å². The predicted molar refractivity (Wildman–Crippen MR) is 119 cm³/mol. The highest BCUT2D eigenvalue weighted by molar-refractivity contribution is 7.92. The van der Waals surface area contributed by atoms with Crippen molar-refractivity contribution in [2.24, 2.45) is 0 Å². The number of benzene rings is 2. The largest absolute Gasteiger partial charge is 0.378 e. The van der Waals surface area contributed by atoms with Crippen LogP contribution in [-0.4, -0.2) is 60.5 Å². The van der Waals surface area contributed by atoms with Crippen LogP contribution in [-0.2, 0) is 14.8 Å². The molecule has 178 valence electrons. The van der Waals surface area contributed by atoms with Crippen LogP contribution >= 0.6 is 0 Å². The van der Waals surface area contributed by atoms with E-state index in [0.717, 1.165) is 11.8 Å². The zero-order valence-corrected chi connectivity index (χ0v) is 18.6. The first-order chi connectivity index (χ1) is 16.3. The number of hydrogen-bond acceptors (Lipinski definition) is 7. The number of aromatic nitrogens is 2. The summed E-state index contributed by atoms with van der Waals surface area (Å²) in [5.74, 6) is -2.93. The van der Waals surface area contributed by atoms with E-state index in [9.17, 15) is 27.1 Å². The molecule has 0 bridgehead atoms. The molecule has 1 aromatic heterocycles. The third-order valence-electron chi connectivity index (χ3n) is 5.43. The Morgan fingerprint density at radius 2 is 1.74 bits per heavy atom. The van der Waals surface area contributed by atoms with E-state index in [0.29, 0.717) is 13.1 Å². The van der Waals surface area contributed by atoms with Crippen molar-refractivity contribution < 1.29 is 27.1 Å². The lowest BCUT2D eigenvalue weighted by molar-refractivity contribution is -0.141. The van der Waals surface area contributed by atoms with Gasteiger partial charge in [-0.15, -0.1) is 0 Å². The van der Waals surface area contributed by atoms with Crippen LogP contribution in [0.25, 0.3) is 0 Å². The summed E-state index contributed by atoms with van der Waals surface area (Å²) in [5.41, 5.74) is 0.351. The number of nitrogens with one attached hydrogen (secondary N) is 1. The summed E-state index contributed by atoms with van der Waals surface area (Å²) in [6.07, 6.45) is 0.861. The van der Waals surface area contributed by atoms with Gasteiger partial charge in [0, 0.05) is 43.6 Å². The van der Waals surface area contributed by atoms with Crippen LogP contribution in [0.2, 0.25) is 0 Å². The van der Waals surface area contributed by atoms with E-state index < -0.39 is 39.2 Å². The van der Waals surface area contributed by atoms with Crippen LogP contribution < -0.4 is 9.62 Å². The summed E-state index contributed by atoms with van der Waals surface area (Å²) in [6.45, 7) is 1.33. The molecule has 2 aromatic carbocycles. The second-order valence-electron chi connectivity index (χ2n) is 7.55.